The third-order valence-electron chi connectivity index (χ3n) is 10.5. The molecule has 48 heavy (non-hydrogen) atoms. The number of hydroxylamine groups is 2. The Morgan fingerprint density at radius 3 is 1.42 bits per heavy atom. The number of fused-ring (bicyclic) bond motifs is 3. The molecule has 0 saturated carbocycles. The second-order valence-corrected chi connectivity index (χ2v) is 24.0. The van der Waals surface area contributed by atoms with Crippen LogP contribution >= 0.6 is 0 Å². The molecule has 3 aliphatic rings. The molecule has 3 fully saturated rings. The fraction of sp³-hybridized carbons (Fsp3) is 0.375. The predicted octanol–water partition coefficient (Wildman–Crippen LogP) is 5.19. The van der Waals surface area contributed by atoms with E-state index >= 15 is 0 Å². The van der Waals surface area contributed by atoms with Crippen LogP contribution in [0.5, 0.6) is 0 Å². The van der Waals surface area contributed by atoms with Crippen molar-refractivity contribution in [1.29, 1.82) is 0 Å². The van der Waals surface area contributed by atoms with Crippen molar-refractivity contribution >= 4 is 43.4 Å². The van der Waals surface area contributed by atoms with Crippen LogP contribution in [0.3, 0.4) is 0 Å². The van der Waals surface area contributed by atoms with Gasteiger partial charge in [-0.05, 0) is 30.8 Å². The van der Waals surface area contributed by atoms with E-state index in [4.69, 9.17) is 18.4 Å². The van der Waals surface area contributed by atoms with Gasteiger partial charge in [-0.3, -0.25) is 9.63 Å². The summed E-state index contributed by atoms with van der Waals surface area (Å²) in [7, 11) is -6.03. The third-order valence-corrected chi connectivity index (χ3v) is 20.6. The number of carbonyl (C=O) groups excluding carboxylic acids is 1. The summed E-state index contributed by atoms with van der Waals surface area (Å²) < 4.78 is 21.9. The van der Waals surface area contributed by atoms with Crippen molar-refractivity contribution in [3.8, 4) is 0 Å². The average molecular weight is 678 g/mol. The third kappa shape index (κ3) is 5.43. The molecule has 0 amide bonds. The molecule has 0 unspecified atom stereocenters. The number of benzene rings is 4. The number of esters is 1. The van der Waals surface area contributed by atoms with E-state index in [1.54, 1.807) is 0 Å². The molecular weight excluding hydrogens is 631 g/mol. The smallest absolute Gasteiger partial charge is 0.309 e. The van der Waals surface area contributed by atoms with Gasteiger partial charge in [0.25, 0.3) is 16.6 Å². The molecule has 7 rings (SSSR count). The van der Waals surface area contributed by atoms with E-state index in [0.717, 1.165) is 0 Å². The minimum Gasteiger partial charge on any atom is -0.458 e. The Bertz CT molecular complexity index is 1630. The Morgan fingerprint density at radius 2 is 1.02 bits per heavy atom. The summed E-state index contributed by atoms with van der Waals surface area (Å²) in [5.41, 5.74) is 0. The van der Waals surface area contributed by atoms with Crippen LogP contribution in [0.15, 0.2) is 121 Å². The molecule has 5 atom stereocenters. The molecule has 8 heteroatoms. The highest BCUT2D eigenvalue weighted by Gasteiger charge is 2.65. The van der Waals surface area contributed by atoms with Gasteiger partial charge in [-0.25, -0.2) is 0 Å². The van der Waals surface area contributed by atoms with Crippen LogP contribution in [0.4, 0.5) is 0 Å². The van der Waals surface area contributed by atoms with Crippen LogP contribution in [0.2, 0.25) is 10.1 Å². The number of carbonyl (C=O) groups is 1. The highest BCUT2D eigenvalue weighted by Crippen LogP contribution is 2.47. The molecule has 6 nitrogen and oxygen atoms in total. The summed E-state index contributed by atoms with van der Waals surface area (Å²) in [6.07, 6.45) is -1.28. The first-order chi connectivity index (χ1) is 23.0. The van der Waals surface area contributed by atoms with Gasteiger partial charge in [-0.1, -0.05) is 163 Å². The lowest BCUT2D eigenvalue weighted by Crippen LogP contribution is -2.71. The summed E-state index contributed by atoms with van der Waals surface area (Å²) >= 11 is 0. The van der Waals surface area contributed by atoms with Crippen LogP contribution in [0.1, 0.15) is 48.0 Å². The molecule has 3 saturated heterocycles. The average Bonchev–Trinajstić information content (AvgIpc) is 3.70. The zero-order valence-electron chi connectivity index (χ0n) is 28.8. The quantitative estimate of drug-likeness (QED) is 0.189. The number of hydrogen-bond acceptors (Lipinski definition) is 6. The van der Waals surface area contributed by atoms with Crippen LogP contribution in [-0.2, 0) is 23.2 Å². The molecule has 0 radical (unpaired) electrons. The lowest BCUT2D eigenvalue weighted by Gasteiger charge is -2.49. The SMILES string of the molecule is CC(C)(C)[Si](O[C@H]1[C@@H]2[C@H]3OC(=O)C[C@H]3ON2C[C@@H]1O[Si](c1ccccc1)(c1ccccc1)C(C)(C)C)(c1ccccc1)c1ccccc1. The van der Waals surface area contributed by atoms with Gasteiger partial charge in [0.05, 0.1) is 25.2 Å². The van der Waals surface area contributed by atoms with Crippen molar-refractivity contribution in [2.45, 2.75) is 88.5 Å². The molecule has 3 aliphatic heterocycles. The van der Waals surface area contributed by atoms with E-state index in [2.05, 4.69) is 163 Å². The molecule has 0 aliphatic carbocycles. The maximum absolute atomic E-state index is 12.7. The summed E-state index contributed by atoms with van der Waals surface area (Å²) in [6, 6.07) is 42.7. The maximum atomic E-state index is 12.7. The van der Waals surface area contributed by atoms with Crippen LogP contribution in [-0.4, -0.2) is 64.7 Å². The van der Waals surface area contributed by atoms with E-state index in [1.807, 2.05) is 5.06 Å². The van der Waals surface area contributed by atoms with E-state index < -0.39 is 28.8 Å². The first-order valence-corrected chi connectivity index (χ1v) is 21.0. The largest absolute Gasteiger partial charge is 0.458 e. The molecular formula is C40H47NO5Si2. The van der Waals surface area contributed by atoms with Crippen molar-refractivity contribution in [2.75, 3.05) is 6.54 Å². The number of rotatable bonds is 8. The molecule has 4 aromatic rings. The first-order valence-electron chi connectivity index (χ1n) is 17.2. The Morgan fingerprint density at radius 1 is 0.625 bits per heavy atom. The Balaban J connectivity index is 1.42. The van der Waals surface area contributed by atoms with Crippen LogP contribution in [0, 0.1) is 0 Å². The summed E-state index contributed by atoms with van der Waals surface area (Å²) in [5.74, 6) is -0.217. The van der Waals surface area contributed by atoms with Crippen LogP contribution < -0.4 is 20.7 Å². The highest BCUT2D eigenvalue weighted by atomic mass is 28.4. The molecule has 4 aromatic carbocycles. The second kappa shape index (κ2) is 12.5. The van der Waals surface area contributed by atoms with Gasteiger partial charge < -0.3 is 13.6 Å². The van der Waals surface area contributed by atoms with Crippen LogP contribution in [0.25, 0.3) is 0 Å². The Kier molecular flexibility index (Phi) is 8.63. The zero-order chi connectivity index (χ0) is 33.7. The molecule has 250 valence electrons. The normalized spacial score (nSPS) is 24.7. The van der Waals surface area contributed by atoms with E-state index in [-0.39, 0.29) is 40.7 Å². The summed E-state index contributed by atoms with van der Waals surface area (Å²) in [5, 5.41) is 6.37. The standard InChI is InChI=1S/C40H47NO5Si2/c1-39(2,3)47(29-19-11-7-12-20-29,30-21-13-8-14-22-30)45-34-28-41-36(37-33(44-41)27-35(42)43-37)38(34)46-48(40(4,5)6,31-23-15-9-16-24-31)32-25-17-10-18-26-32/h7-26,33-34,36-38H,27-28H2,1-6H3/t33-,34+,36+,37+,38-/m1/s1. The van der Waals surface area contributed by atoms with Gasteiger partial charge in [-0.15, -0.1) is 0 Å². The van der Waals surface area contributed by atoms with Gasteiger partial charge in [0.2, 0.25) is 0 Å². The van der Waals surface area contributed by atoms with Crippen molar-refractivity contribution < 1.29 is 23.2 Å². The maximum Gasteiger partial charge on any atom is 0.309 e. The number of hydrogen-bond donors (Lipinski definition) is 0. The number of nitrogens with zero attached hydrogens (tertiary/aromatic N) is 1. The Hall–Kier alpha value is -3.38. The van der Waals surface area contributed by atoms with Crippen molar-refractivity contribution in [2.24, 2.45) is 0 Å². The minimum absolute atomic E-state index is 0.217. The predicted molar refractivity (Wildman–Crippen MR) is 195 cm³/mol. The van der Waals surface area contributed by atoms with Gasteiger partial charge >= 0.3 is 5.97 Å². The summed E-state index contributed by atoms with van der Waals surface area (Å²) in [4.78, 5) is 19.2. The molecule has 0 bridgehead atoms. The van der Waals surface area contributed by atoms with E-state index in [9.17, 15) is 4.79 Å². The fourth-order valence-electron chi connectivity index (χ4n) is 8.43. The first kappa shape index (κ1) is 33.1. The molecule has 0 N–H and O–H groups in total. The van der Waals surface area contributed by atoms with Crippen molar-refractivity contribution in [3.63, 3.8) is 0 Å². The Labute approximate surface area is 287 Å². The number of ether oxygens (including phenoxy) is 1. The van der Waals surface area contributed by atoms with Crippen molar-refractivity contribution in [3.05, 3.63) is 121 Å². The molecule has 0 spiro atoms. The fourth-order valence-corrected chi connectivity index (χ4v) is 17.8. The monoisotopic (exact) mass is 677 g/mol. The lowest BCUT2D eigenvalue weighted by atomic mass is 10.0. The minimum atomic E-state index is -3.04. The molecule has 0 aromatic heterocycles. The van der Waals surface area contributed by atoms with E-state index in [1.165, 1.54) is 20.7 Å². The highest BCUT2D eigenvalue weighted by molar-refractivity contribution is 7.00. The van der Waals surface area contributed by atoms with E-state index in [0.29, 0.717) is 6.54 Å². The summed E-state index contributed by atoms with van der Waals surface area (Å²) in [6.45, 7) is 14.3. The second-order valence-electron chi connectivity index (χ2n) is 15.5. The lowest BCUT2D eigenvalue weighted by molar-refractivity contribution is -0.160. The van der Waals surface area contributed by atoms with Gasteiger partial charge in [0.1, 0.15) is 12.1 Å². The zero-order valence-corrected chi connectivity index (χ0v) is 30.8. The van der Waals surface area contributed by atoms with Gasteiger partial charge in [-0.2, -0.15) is 5.06 Å². The molecule has 3 heterocycles. The van der Waals surface area contributed by atoms with Gasteiger partial charge in [0, 0.05) is 0 Å². The van der Waals surface area contributed by atoms with Crippen molar-refractivity contribution in [1.82, 2.24) is 5.06 Å². The van der Waals surface area contributed by atoms with Gasteiger partial charge in [0.15, 0.2) is 6.10 Å². The topological polar surface area (TPSA) is 57.2 Å².